The van der Waals surface area contributed by atoms with Gasteiger partial charge in [-0.1, -0.05) is 0 Å². The Kier molecular flexibility index (Phi) is 4.93. The van der Waals surface area contributed by atoms with E-state index in [1.54, 1.807) is 12.3 Å². The van der Waals surface area contributed by atoms with Crippen molar-refractivity contribution >= 4 is 17.4 Å². The minimum atomic E-state index is -0.965. The summed E-state index contributed by atoms with van der Waals surface area (Å²) in [6, 6.07) is 9.31. The van der Waals surface area contributed by atoms with Crippen LogP contribution in [0.15, 0.2) is 47.7 Å². The van der Waals surface area contributed by atoms with E-state index in [0.717, 1.165) is 17.9 Å². The van der Waals surface area contributed by atoms with Crippen molar-refractivity contribution in [3.8, 4) is 6.07 Å². The summed E-state index contributed by atoms with van der Waals surface area (Å²) in [7, 11) is 0. The van der Waals surface area contributed by atoms with Gasteiger partial charge in [0.2, 0.25) is 0 Å². The summed E-state index contributed by atoms with van der Waals surface area (Å²) in [5, 5.41) is 11.6. The van der Waals surface area contributed by atoms with Gasteiger partial charge in [-0.3, -0.25) is 9.79 Å². The molecule has 3 aromatic rings. The van der Waals surface area contributed by atoms with Crippen LogP contribution in [0.1, 0.15) is 52.9 Å². The van der Waals surface area contributed by atoms with Crippen molar-refractivity contribution in [2.45, 2.75) is 38.3 Å². The molecule has 1 aliphatic heterocycles. The van der Waals surface area contributed by atoms with Gasteiger partial charge < -0.3 is 15.6 Å². The maximum absolute atomic E-state index is 15.0. The molecule has 9 heteroatoms. The fraction of sp³-hybridized carbons (Fsp3) is 0.292. The molecule has 2 aliphatic rings. The van der Waals surface area contributed by atoms with Crippen LogP contribution in [0.3, 0.4) is 0 Å². The van der Waals surface area contributed by atoms with E-state index in [9.17, 15) is 4.79 Å². The summed E-state index contributed by atoms with van der Waals surface area (Å²) in [6.07, 6.45) is 6.34. The number of fused-ring (bicyclic) bond motifs is 1. The third-order valence-electron chi connectivity index (χ3n) is 6.13. The average molecular weight is 443 g/mol. The summed E-state index contributed by atoms with van der Waals surface area (Å²) in [5.74, 6) is 1.00. The number of anilines is 1. The van der Waals surface area contributed by atoms with Gasteiger partial charge in [0.1, 0.15) is 40.5 Å². The minimum Gasteiger partial charge on any atom is -0.382 e. The maximum atomic E-state index is 15.0. The molecule has 0 saturated heterocycles. The van der Waals surface area contributed by atoms with Gasteiger partial charge in [0.15, 0.2) is 0 Å². The van der Waals surface area contributed by atoms with Crippen LogP contribution in [0, 0.1) is 23.1 Å². The van der Waals surface area contributed by atoms with E-state index in [0.29, 0.717) is 35.1 Å². The van der Waals surface area contributed by atoms with Crippen LogP contribution < -0.4 is 11.1 Å². The van der Waals surface area contributed by atoms with Gasteiger partial charge in [-0.05, 0) is 56.0 Å². The molecular formula is C24H22FN7O. The van der Waals surface area contributed by atoms with Gasteiger partial charge in [0.05, 0.1) is 18.3 Å². The summed E-state index contributed by atoms with van der Waals surface area (Å²) in [6.45, 7) is 2.23. The van der Waals surface area contributed by atoms with Gasteiger partial charge in [-0.2, -0.15) is 5.26 Å². The lowest BCUT2D eigenvalue weighted by Gasteiger charge is -2.33. The Bertz CT molecular complexity index is 1320. The first kappa shape index (κ1) is 20.8. The first-order valence-electron chi connectivity index (χ1n) is 10.7. The molecule has 0 radical (unpaired) electrons. The van der Waals surface area contributed by atoms with Gasteiger partial charge in [-0.15, -0.1) is 0 Å². The Labute approximate surface area is 190 Å². The van der Waals surface area contributed by atoms with E-state index >= 15 is 4.39 Å². The molecule has 1 aliphatic carbocycles. The number of carbonyl (C=O) groups is 1. The molecule has 2 aromatic heterocycles. The number of aliphatic imine (C=N–C) groups is 1. The first-order valence-corrected chi connectivity index (χ1v) is 10.7. The smallest absolute Gasteiger partial charge is 0.274 e. The first-order chi connectivity index (χ1) is 15.9. The number of benzene rings is 1. The van der Waals surface area contributed by atoms with Crippen molar-refractivity contribution in [2.75, 3.05) is 5.32 Å². The van der Waals surface area contributed by atoms with E-state index in [1.807, 2.05) is 17.6 Å². The lowest BCUT2D eigenvalue weighted by Crippen LogP contribution is -2.38. The number of carbonyl (C=O) groups excluding carboxylic acids is 1. The zero-order valence-corrected chi connectivity index (χ0v) is 18.0. The Balaban J connectivity index is 1.43. The zero-order chi connectivity index (χ0) is 23.2. The lowest BCUT2D eigenvalue weighted by atomic mass is 9.90. The molecule has 1 atom stereocenters. The number of amidine groups is 1. The molecule has 1 saturated carbocycles. The second-order valence-corrected chi connectivity index (χ2v) is 8.76. The van der Waals surface area contributed by atoms with Gasteiger partial charge in [0, 0.05) is 23.9 Å². The number of nitrogens with zero attached hydrogens (tertiary/aromatic N) is 5. The normalized spacial score (nSPS) is 19.4. The largest absolute Gasteiger partial charge is 0.382 e. The minimum absolute atomic E-state index is 0.152. The van der Waals surface area contributed by atoms with Crippen LogP contribution in [0.5, 0.6) is 0 Å². The van der Waals surface area contributed by atoms with Gasteiger partial charge in [0.25, 0.3) is 5.91 Å². The van der Waals surface area contributed by atoms with Crippen LogP contribution in [-0.2, 0) is 18.5 Å². The Morgan fingerprint density at radius 2 is 2.12 bits per heavy atom. The monoisotopic (exact) mass is 443 g/mol. The average Bonchev–Trinajstić information content (AvgIpc) is 3.54. The van der Waals surface area contributed by atoms with E-state index in [4.69, 9.17) is 11.0 Å². The highest BCUT2D eigenvalue weighted by Gasteiger charge is 2.37. The highest BCUT2D eigenvalue weighted by molar-refractivity contribution is 6.03. The van der Waals surface area contributed by atoms with E-state index < -0.39 is 17.3 Å². The van der Waals surface area contributed by atoms with E-state index in [1.165, 1.54) is 43.3 Å². The number of nitriles is 1. The van der Waals surface area contributed by atoms with E-state index in [2.05, 4.69) is 20.3 Å². The fourth-order valence-corrected chi connectivity index (χ4v) is 4.15. The molecule has 3 N–H and O–H groups in total. The predicted octanol–water partition coefficient (Wildman–Crippen LogP) is 3.13. The fourth-order valence-electron chi connectivity index (χ4n) is 4.15. The number of nitrogens with one attached hydrogen (secondary N) is 1. The number of hydrogen-bond donors (Lipinski definition) is 2. The molecule has 8 nitrogen and oxygen atoms in total. The Morgan fingerprint density at radius 3 is 2.82 bits per heavy atom. The van der Waals surface area contributed by atoms with Crippen LogP contribution in [-0.4, -0.2) is 26.3 Å². The molecule has 0 spiro atoms. The molecule has 1 fully saturated rings. The number of aromatic nitrogens is 3. The van der Waals surface area contributed by atoms with Gasteiger partial charge >= 0.3 is 0 Å². The van der Waals surface area contributed by atoms with Crippen molar-refractivity contribution in [3.05, 3.63) is 76.9 Å². The Hall–Kier alpha value is -4.06. The molecule has 33 heavy (non-hydrogen) atoms. The van der Waals surface area contributed by atoms with Crippen LogP contribution in [0.25, 0.3) is 0 Å². The van der Waals surface area contributed by atoms with Crippen molar-refractivity contribution in [3.63, 3.8) is 0 Å². The summed E-state index contributed by atoms with van der Waals surface area (Å²) in [4.78, 5) is 25.8. The number of nitrogens with two attached hydrogens (primary N) is 1. The van der Waals surface area contributed by atoms with Crippen molar-refractivity contribution in [2.24, 2.45) is 16.6 Å². The second kappa shape index (κ2) is 7.81. The SMILES string of the molecule is C[C@@]1(c2cc(NC(=O)c3ccc(C#N)cn3)ccc2F)Cn2c(cnc2CC2CC2)C(N)=N1. The highest BCUT2D eigenvalue weighted by atomic mass is 19.1. The van der Waals surface area contributed by atoms with Gasteiger partial charge in [-0.25, -0.2) is 14.4 Å². The number of rotatable bonds is 5. The summed E-state index contributed by atoms with van der Waals surface area (Å²) >= 11 is 0. The maximum Gasteiger partial charge on any atom is 0.274 e. The van der Waals surface area contributed by atoms with Crippen LogP contribution in [0.2, 0.25) is 0 Å². The van der Waals surface area contributed by atoms with Crippen LogP contribution >= 0.6 is 0 Å². The highest BCUT2D eigenvalue weighted by Crippen LogP contribution is 2.37. The predicted molar refractivity (Wildman–Crippen MR) is 120 cm³/mol. The number of hydrogen-bond acceptors (Lipinski definition) is 6. The topological polar surface area (TPSA) is 122 Å². The molecular weight excluding hydrogens is 421 g/mol. The quantitative estimate of drug-likeness (QED) is 0.627. The summed E-state index contributed by atoms with van der Waals surface area (Å²) in [5.41, 5.74) is 7.28. The molecule has 3 heterocycles. The van der Waals surface area contributed by atoms with Crippen molar-refractivity contribution < 1.29 is 9.18 Å². The number of halogens is 1. The third-order valence-corrected chi connectivity index (χ3v) is 6.13. The molecule has 166 valence electrons. The third kappa shape index (κ3) is 3.96. The molecule has 0 unspecified atom stereocenters. The zero-order valence-electron chi connectivity index (χ0n) is 18.0. The second-order valence-electron chi connectivity index (χ2n) is 8.76. The van der Waals surface area contributed by atoms with Crippen molar-refractivity contribution in [1.29, 1.82) is 5.26 Å². The number of amides is 1. The number of imidazole rings is 1. The van der Waals surface area contributed by atoms with Crippen molar-refractivity contribution in [1.82, 2.24) is 14.5 Å². The van der Waals surface area contributed by atoms with Crippen LogP contribution in [0.4, 0.5) is 10.1 Å². The van der Waals surface area contributed by atoms with E-state index in [-0.39, 0.29) is 5.69 Å². The number of pyridine rings is 1. The lowest BCUT2D eigenvalue weighted by molar-refractivity contribution is 0.102. The standard InChI is InChI=1S/C24H22FN7O/c1-24(13-32-20(22(27)31-24)12-29-21(32)8-14-2-3-14)17-9-16(5-6-18(17)25)30-23(33)19-7-4-15(10-26)11-28-19/h4-7,9,11-12,14H,2-3,8,13H2,1H3,(H2,27,31)(H,30,33)/t24-/m0/s1. The summed E-state index contributed by atoms with van der Waals surface area (Å²) < 4.78 is 17.0. The molecule has 0 bridgehead atoms. The molecule has 1 amide bonds. The Morgan fingerprint density at radius 1 is 1.30 bits per heavy atom. The molecule has 5 rings (SSSR count). The molecule has 1 aromatic carbocycles.